The quantitative estimate of drug-likeness (QED) is 0.810. The van der Waals surface area contributed by atoms with E-state index in [4.69, 9.17) is 11.6 Å². The van der Waals surface area contributed by atoms with Gasteiger partial charge in [0.25, 0.3) is 0 Å². The van der Waals surface area contributed by atoms with E-state index >= 15 is 0 Å². The molecule has 0 fully saturated rings. The van der Waals surface area contributed by atoms with Crippen LogP contribution >= 0.6 is 11.6 Å². The molecule has 0 saturated carbocycles. The van der Waals surface area contributed by atoms with Gasteiger partial charge in [0.15, 0.2) is 5.65 Å². The molecule has 0 aliphatic carbocycles. The van der Waals surface area contributed by atoms with Gasteiger partial charge < -0.3 is 4.57 Å². The molecular formula is C12H16ClN3OS. The van der Waals surface area contributed by atoms with Crippen molar-refractivity contribution in [2.75, 3.05) is 6.26 Å². The lowest BCUT2D eigenvalue weighted by Gasteiger charge is -2.11. The van der Waals surface area contributed by atoms with Crippen molar-refractivity contribution in [2.24, 2.45) is 0 Å². The van der Waals surface area contributed by atoms with Crippen LogP contribution in [-0.2, 0) is 23.2 Å². The molecule has 0 aromatic carbocycles. The molecule has 2 heterocycles. The summed E-state index contributed by atoms with van der Waals surface area (Å²) in [6, 6.07) is 1.93. The Hall–Kier alpha value is -0.940. The molecule has 6 heteroatoms. The maximum atomic E-state index is 11.5. The van der Waals surface area contributed by atoms with E-state index in [1.165, 1.54) is 0 Å². The predicted molar refractivity (Wildman–Crippen MR) is 75.4 cm³/mol. The van der Waals surface area contributed by atoms with Crippen LogP contribution in [-0.4, -0.2) is 30.2 Å². The van der Waals surface area contributed by atoms with Crippen molar-refractivity contribution in [1.82, 2.24) is 14.5 Å². The van der Waals surface area contributed by atoms with Gasteiger partial charge in [-0.25, -0.2) is 9.97 Å². The highest BCUT2D eigenvalue weighted by Crippen LogP contribution is 2.19. The summed E-state index contributed by atoms with van der Waals surface area (Å²) in [5, 5.41) is 0.0479. The van der Waals surface area contributed by atoms with Crippen molar-refractivity contribution >= 4 is 33.6 Å². The molecule has 0 amide bonds. The van der Waals surface area contributed by atoms with Crippen LogP contribution in [0.3, 0.4) is 0 Å². The molecule has 2 aromatic rings. The molecule has 0 radical (unpaired) electrons. The van der Waals surface area contributed by atoms with Gasteiger partial charge in [0.1, 0.15) is 11.3 Å². The molecule has 0 spiro atoms. The van der Waals surface area contributed by atoms with Crippen LogP contribution in [0.1, 0.15) is 18.3 Å². The normalized spacial score (nSPS) is 14.9. The Morgan fingerprint density at radius 1 is 1.56 bits per heavy atom. The monoisotopic (exact) mass is 285 g/mol. The summed E-state index contributed by atoms with van der Waals surface area (Å²) in [6.45, 7) is 4.58. The first kappa shape index (κ1) is 13.5. The second-order valence-corrected chi connectivity index (χ2v) is 6.45. The topological polar surface area (TPSA) is 47.8 Å². The zero-order valence-electron chi connectivity index (χ0n) is 10.7. The average Bonchev–Trinajstić information content (AvgIpc) is 2.69. The fraction of sp³-hybridized carbons (Fsp3) is 0.500. The Bertz CT molecular complexity index is 596. The highest BCUT2D eigenvalue weighted by atomic mass is 35.5. The van der Waals surface area contributed by atoms with Gasteiger partial charge in [0.05, 0.1) is 5.88 Å². The lowest BCUT2D eigenvalue weighted by molar-refractivity contribution is 0.638. The maximum Gasteiger partial charge on any atom is 0.160 e. The number of hydrogen-bond acceptors (Lipinski definition) is 3. The first-order chi connectivity index (χ1) is 8.54. The van der Waals surface area contributed by atoms with Gasteiger partial charge >= 0.3 is 0 Å². The Morgan fingerprint density at radius 3 is 2.89 bits per heavy atom. The summed E-state index contributed by atoms with van der Waals surface area (Å²) in [4.78, 5) is 8.88. The van der Waals surface area contributed by atoms with Gasteiger partial charge in [0.2, 0.25) is 0 Å². The smallest absolute Gasteiger partial charge is 0.160 e. The van der Waals surface area contributed by atoms with Crippen molar-refractivity contribution in [2.45, 2.75) is 31.5 Å². The molecule has 18 heavy (non-hydrogen) atoms. The van der Waals surface area contributed by atoms with E-state index in [0.29, 0.717) is 12.4 Å². The van der Waals surface area contributed by atoms with E-state index in [1.54, 1.807) is 12.5 Å². The number of nitrogens with zero attached hydrogens (tertiary/aromatic N) is 3. The van der Waals surface area contributed by atoms with Crippen molar-refractivity contribution in [3.8, 4) is 0 Å². The van der Waals surface area contributed by atoms with Crippen molar-refractivity contribution in [1.29, 1.82) is 0 Å². The van der Waals surface area contributed by atoms with Crippen LogP contribution < -0.4 is 0 Å². The lowest BCUT2D eigenvalue weighted by atomic mass is 10.3. The van der Waals surface area contributed by atoms with Gasteiger partial charge in [0, 0.05) is 35.0 Å². The van der Waals surface area contributed by atoms with E-state index in [1.807, 2.05) is 24.5 Å². The second kappa shape index (κ2) is 5.36. The second-order valence-electron chi connectivity index (χ2n) is 4.38. The number of fused-ring (bicyclic) bond motifs is 1. The van der Waals surface area contributed by atoms with E-state index in [0.717, 1.165) is 22.6 Å². The molecule has 98 valence electrons. The van der Waals surface area contributed by atoms with Crippen LogP contribution in [0.5, 0.6) is 0 Å². The fourth-order valence-corrected chi connectivity index (χ4v) is 2.40. The maximum absolute atomic E-state index is 11.5. The number of halogens is 1. The molecule has 0 bridgehead atoms. The Kier molecular flexibility index (Phi) is 4.02. The molecule has 2 rings (SSSR count). The van der Waals surface area contributed by atoms with E-state index in [2.05, 4.69) is 9.97 Å². The van der Waals surface area contributed by atoms with Gasteiger partial charge in [-0.15, -0.1) is 11.6 Å². The number of aromatic nitrogens is 3. The first-order valence-electron chi connectivity index (χ1n) is 5.73. The summed E-state index contributed by atoms with van der Waals surface area (Å²) in [7, 11) is -0.873. The third-order valence-electron chi connectivity index (χ3n) is 3.04. The van der Waals surface area contributed by atoms with Crippen molar-refractivity contribution in [3.63, 3.8) is 0 Å². The van der Waals surface area contributed by atoms with E-state index < -0.39 is 10.8 Å². The Morgan fingerprint density at radius 2 is 2.28 bits per heavy atom. The molecule has 2 aromatic heterocycles. The third-order valence-corrected chi connectivity index (χ3v) is 4.56. The van der Waals surface area contributed by atoms with E-state index in [-0.39, 0.29) is 5.25 Å². The van der Waals surface area contributed by atoms with Gasteiger partial charge in [-0.05, 0) is 25.5 Å². The number of rotatable bonds is 4. The lowest BCUT2D eigenvalue weighted by Crippen LogP contribution is -2.19. The molecule has 2 atom stereocenters. The zero-order chi connectivity index (χ0) is 13.3. The molecule has 0 aliphatic heterocycles. The van der Waals surface area contributed by atoms with Gasteiger partial charge in [-0.2, -0.15) is 0 Å². The minimum Gasteiger partial charge on any atom is -0.310 e. The summed E-state index contributed by atoms with van der Waals surface area (Å²) < 4.78 is 13.5. The molecular weight excluding hydrogens is 270 g/mol. The fourth-order valence-electron chi connectivity index (χ4n) is 1.84. The minimum absolute atomic E-state index is 0.0479. The van der Waals surface area contributed by atoms with Crippen molar-refractivity contribution < 1.29 is 4.21 Å². The number of aryl methyl sites for hydroxylation is 1. The highest BCUT2D eigenvalue weighted by molar-refractivity contribution is 7.84. The average molecular weight is 286 g/mol. The van der Waals surface area contributed by atoms with Crippen LogP contribution in [0.2, 0.25) is 0 Å². The molecule has 0 saturated heterocycles. The van der Waals surface area contributed by atoms with Crippen LogP contribution in [0.25, 0.3) is 11.2 Å². The minimum atomic E-state index is -0.873. The summed E-state index contributed by atoms with van der Waals surface area (Å²) in [6.07, 6.45) is 3.48. The summed E-state index contributed by atoms with van der Waals surface area (Å²) >= 11 is 5.93. The predicted octanol–water partition coefficient (Wildman–Crippen LogP) is 2.25. The van der Waals surface area contributed by atoms with Gasteiger partial charge in [-0.1, -0.05) is 0 Å². The van der Waals surface area contributed by atoms with Gasteiger partial charge in [-0.3, -0.25) is 4.21 Å². The third kappa shape index (κ3) is 2.42. The number of pyridine rings is 1. The first-order valence-corrected chi connectivity index (χ1v) is 7.89. The van der Waals surface area contributed by atoms with E-state index in [9.17, 15) is 4.21 Å². The Balaban J connectivity index is 2.54. The molecule has 0 N–H and O–H groups in total. The molecule has 0 aliphatic rings. The largest absolute Gasteiger partial charge is 0.310 e. The van der Waals surface area contributed by atoms with Crippen molar-refractivity contribution in [3.05, 3.63) is 23.7 Å². The van der Waals surface area contributed by atoms with Crippen LogP contribution in [0, 0.1) is 6.92 Å². The SMILES string of the molecule is Cc1ccnc2c1nc(CCl)n2CC(C)S(C)=O. The van der Waals surface area contributed by atoms with Crippen LogP contribution in [0.15, 0.2) is 12.3 Å². The standard InChI is InChI=1S/C12H16ClN3OS/c1-8-4-5-14-12-11(8)15-10(6-13)16(12)7-9(2)18(3)17/h4-5,9H,6-7H2,1-3H3. The summed E-state index contributed by atoms with van der Waals surface area (Å²) in [5.74, 6) is 1.12. The zero-order valence-corrected chi connectivity index (χ0v) is 12.3. The number of hydrogen-bond donors (Lipinski definition) is 0. The molecule has 2 unspecified atom stereocenters. The number of imidazole rings is 1. The summed E-state index contributed by atoms with van der Waals surface area (Å²) in [5.41, 5.74) is 2.78. The Labute approximate surface area is 114 Å². The molecule has 4 nitrogen and oxygen atoms in total. The highest BCUT2D eigenvalue weighted by Gasteiger charge is 2.16. The number of alkyl halides is 1. The van der Waals surface area contributed by atoms with Crippen LogP contribution in [0.4, 0.5) is 0 Å².